The number of nitrogens with zero attached hydrogens (tertiary/aromatic N) is 1. The van der Waals surface area contributed by atoms with E-state index in [2.05, 4.69) is 10.3 Å². The van der Waals surface area contributed by atoms with Crippen LogP contribution in [0, 0.1) is 12.3 Å². The summed E-state index contributed by atoms with van der Waals surface area (Å²) in [7, 11) is 0. The van der Waals surface area contributed by atoms with Gasteiger partial charge in [-0.05, 0) is 31.4 Å². The van der Waals surface area contributed by atoms with E-state index in [1.807, 2.05) is 31.2 Å². The monoisotopic (exact) mass is 354 g/mol. The molecule has 0 spiro atoms. The summed E-state index contributed by atoms with van der Waals surface area (Å²) in [6.07, 6.45) is 3.99. The number of aryl methyl sites for hydroxylation is 1. The third kappa shape index (κ3) is 3.91. The van der Waals surface area contributed by atoms with Crippen molar-refractivity contribution in [3.8, 4) is 11.1 Å². The second-order valence-electron chi connectivity index (χ2n) is 6.71. The van der Waals surface area contributed by atoms with Crippen molar-refractivity contribution in [1.82, 2.24) is 10.3 Å². The molecular formula is C20H22N2O4. The molecule has 1 amide bonds. The number of carboxylic acids is 1. The Morgan fingerprint density at radius 1 is 1.19 bits per heavy atom. The zero-order chi connectivity index (χ0) is 18.6. The lowest BCUT2D eigenvalue weighted by atomic mass is 9.80. The van der Waals surface area contributed by atoms with Crippen LogP contribution in [0.4, 0.5) is 0 Å². The maximum absolute atomic E-state index is 12.5. The number of amides is 1. The molecule has 1 aromatic carbocycles. The Morgan fingerprint density at radius 2 is 1.96 bits per heavy atom. The standard InChI is InChI=1S/C20H22N2O4/c1-14-3-2-4-15(9-14)16-10-17(12-21-11-16)18(23)22-13-20(19(24)25)5-7-26-8-6-20/h2-4,9-12H,5-8,13H2,1H3,(H,22,23)(H,24,25). The van der Waals surface area contributed by atoms with E-state index in [1.54, 1.807) is 12.3 Å². The van der Waals surface area contributed by atoms with Crippen LogP contribution in [-0.4, -0.2) is 41.7 Å². The zero-order valence-electron chi connectivity index (χ0n) is 14.7. The molecule has 6 nitrogen and oxygen atoms in total. The molecule has 1 fully saturated rings. The number of aliphatic carboxylic acids is 1. The van der Waals surface area contributed by atoms with Gasteiger partial charge in [0, 0.05) is 37.7 Å². The fraction of sp³-hybridized carbons (Fsp3) is 0.350. The van der Waals surface area contributed by atoms with Crippen LogP contribution in [-0.2, 0) is 9.53 Å². The van der Waals surface area contributed by atoms with Gasteiger partial charge in [0.25, 0.3) is 5.91 Å². The van der Waals surface area contributed by atoms with Gasteiger partial charge in [-0.2, -0.15) is 0 Å². The summed E-state index contributed by atoms with van der Waals surface area (Å²) in [5.74, 6) is -1.22. The van der Waals surface area contributed by atoms with Gasteiger partial charge in [-0.1, -0.05) is 29.8 Å². The number of hydrogen-bond acceptors (Lipinski definition) is 4. The summed E-state index contributed by atoms with van der Waals surface area (Å²) in [6, 6.07) is 9.73. The number of aromatic nitrogens is 1. The molecule has 0 unspecified atom stereocenters. The van der Waals surface area contributed by atoms with E-state index in [0.29, 0.717) is 31.6 Å². The normalized spacial score (nSPS) is 16.0. The number of ether oxygens (including phenoxy) is 1. The van der Waals surface area contributed by atoms with E-state index in [-0.39, 0.29) is 12.5 Å². The number of pyridine rings is 1. The summed E-state index contributed by atoms with van der Waals surface area (Å²) in [6.45, 7) is 2.88. The second-order valence-corrected chi connectivity index (χ2v) is 6.71. The van der Waals surface area contributed by atoms with Crippen molar-refractivity contribution in [2.75, 3.05) is 19.8 Å². The molecule has 2 N–H and O–H groups in total. The van der Waals surface area contributed by atoms with Crippen LogP contribution in [0.1, 0.15) is 28.8 Å². The highest BCUT2D eigenvalue weighted by atomic mass is 16.5. The van der Waals surface area contributed by atoms with Gasteiger partial charge in [0.05, 0.1) is 11.0 Å². The number of hydrogen-bond donors (Lipinski definition) is 2. The highest BCUT2D eigenvalue weighted by Gasteiger charge is 2.40. The fourth-order valence-electron chi connectivity index (χ4n) is 3.13. The van der Waals surface area contributed by atoms with E-state index in [9.17, 15) is 14.7 Å². The van der Waals surface area contributed by atoms with Crippen molar-refractivity contribution in [2.24, 2.45) is 5.41 Å². The Balaban J connectivity index is 1.74. The minimum absolute atomic E-state index is 0.0825. The molecule has 3 rings (SSSR count). The molecule has 0 saturated carbocycles. The van der Waals surface area contributed by atoms with Crippen molar-refractivity contribution in [2.45, 2.75) is 19.8 Å². The molecular weight excluding hydrogens is 332 g/mol. The van der Waals surface area contributed by atoms with E-state index in [0.717, 1.165) is 16.7 Å². The molecule has 136 valence electrons. The first kappa shape index (κ1) is 18.1. The second kappa shape index (κ2) is 7.66. The summed E-state index contributed by atoms with van der Waals surface area (Å²) >= 11 is 0. The van der Waals surface area contributed by atoms with Crippen molar-refractivity contribution >= 4 is 11.9 Å². The molecule has 1 aromatic heterocycles. The molecule has 1 aliphatic rings. The maximum Gasteiger partial charge on any atom is 0.311 e. The van der Waals surface area contributed by atoms with E-state index in [1.165, 1.54) is 6.20 Å². The number of rotatable bonds is 5. The fourth-order valence-corrected chi connectivity index (χ4v) is 3.13. The average molecular weight is 354 g/mol. The van der Waals surface area contributed by atoms with Crippen LogP contribution in [0.5, 0.6) is 0 Å². The van der Waals surface area contributed by atoms with Gasteiger partial charge < -0.3 is 15.2 Å². The van der Waals surface area contributed by atoms with Gasteiger partial charge in [-0.25, -0.2) is 0 Å². The van der Waals surface area contributed by atoms with Crippen molar-refractivity contribution < 1.29 is 19.4 Å². The third-order valence-corrected chi connectivity index (χ3v) is 4.84. The van der Waals surface area contributed by atoms with Gasteiger partial charge in [0.2, 0.25) is 0 Å². The Morgan fingerprint density at radius 3 is 2.65 bits per heavy atom. The molecule has 26 heavy (non-hydrogen) atoms. The molecule has 0 aliphatic carbocycles. The summed E-state index contributed by atoms with van der Waals surface area (Å²) in [5.41, 5.74) is 2.41. The Hall–Kier alpha value is -2.73. The van der Waals surface area contributed by atoms with Crippen molar-refractivity contribution in [1.29, 1.82) is 0 Å². The molecule has 0 atom stereocenters. The summed E-state index contributed by atoms with van der Waals surface area (Å²) in [4.78, 5) is 28.4. The smallest absolute Gasteiger partial charge is 0.311 e. The van der Waals surface area contributed by atoms with Gasteiger partial charge in [0.15, 0.2) is 0 Å². The van der Waals surface area contributed by atoms with Crippen LogP contribution in [0.2, 0.25) is 0 Å². The Kier molecular flexibility index (Phi) is 5.32. The maximum atomic E-state index is 12.5. The van der Waals surface area contributed by atoms with Gasteiger partial charge in [-0.3, -0.25) is 14.6 Å². The topological polar surface area (TPSA) is 88.5 Å². The lowest BCUT2D eigenvalue weighted by Crippen LogP contribution is -2.46. The van der Waals surface area contributed by atoms with E-state index >= 15 is 0 Å². The first-order valence-electron chi connectivity index (χ1n) is 8.62. The minimum Gasteiger partial charge on any atom is -0.481 e. The molecule has 2 aromatic rings. The van der Waals surface area contributed by atoms with Crippen LogP contribution in [0.25, 0.3) is 11.1 Å². The summed E-state index contributed by atoms with van der Waals surface area (Å²) in [5, 5.41) is 12.3. The van der Waals surface area contributed by atoms with Gasteiger partial charge in [-0.15, -0.1) is 0 Å². The van der Waals surface area contributed by atoms with Crippen molar-refractivity contribution in [3.05, 3.63) is 53.9 Å². The third-order valence-electron chi connectivity index (χ3n) is 4.84. The Labute approximate surface area is 152 Å². The van der Waals surface area contributed by atoms with E-state index < -0.39 is 11.4 Å². The minimum atomic E-state index is -0.963. The van der Waals surface area contributed by atoms with Gasteiger partial charge >= 0.3 is 5.97 Å². The lowest BCUT2D eigenvalue weighted by molar-refractivity contribution is -0.154. The van der Waals surface area contributed by atoms with Crippen LogP contribution < -0.4 is 5.32 Å². The first-order chi connectivity index (χ1) is 12.5. The number of carbonyl (C=O) groups excluding carboxylic acids is 1. The van der Waals surface area contributed by atoms with Crippen LogP contribution in [0.3, 0.4) is 0 Å². The molecule has 1 aliphatic heterocycles. The highest BCUT2D eigenvalue weighted by Crippen LogP contribution is 2.30. The number of carboxylic acid groups (broad SMARTS) is 1. The number of nitrogens with one attached hydrogen (secondary N) is 1. The predicted octanol–water partition coefficient (Wildman–Crippen LogP) is 2.67. The Bertz CT molecular complexity index is 813. The predicted molar refractivity (Wildman–Crippen MR) is 96.9 cm³/mol. The van der Waals surface area contributed by atoms with E-state index in [4.69, 9.17) is 4.74 Å². The largest absolute Gasteiger partial charge is 0.481 e. The molecule has 6 heteroatoms. The average Bonchev–Trinajstić information content (AvgIpc) is 2.67. The number of benzene rings is 1. The quantitative estimate of drug-likeness (QED) is 0.862. The zero-order valence-corrected chi connectivity index (χ0v) is 14.7. The van der Waals surface area contributed by atoms with Crippen molar-refractivity contribution in [3.63, 3.8) is 0 Å². The molecule has 0 bridgehead atoms. The highest BCUT2D eigenvalue weighted by molar-refractivity contribution is 5.95. The molecule has 2 heterocycles. The summed E-state index contributed by atoms with van der Waals surface area (Å²) < 4.78 is 5.25. The molecule has 1 saturated heterocycles. The van der Waals surface area contributed by atoms with Gasteiger partial charge in [0.1, 0.15) is 0 Å². The SMILES string of the molecule is Cc1cccc(-c2cncc(C(=O)NCC3(C(=O)O)CCOCC3)c2)c1. The first-order valence-corrected chi connectivity index (χ1v) is 8.62. The number of carbonyl (C=O) groups is 2. The van der Waals surface area contributed by atoms with Crippen LogP contribution >= 0.6 is 0 Å². The van der Waals surface area contributed by atoms with Crippen LogP contribution in [0.15, 0.2) is 42.7 Å². The lowest BCUT2D eigenvalue weighted by Gasteiger charge is -2.33. The molecule has 0 radical (unpaired) electrons.